The van der Waals surface area contributed by atoms with Gasteiger partial charge in [0.25, 0.3) is 0 Å². The second kappa shape index (κ2) is 5.90. The van der Waals surface area contributed by atoms with Crippen molar-refractivity contribution in [3.05, 3.63) is 64.1 Å². The molecular weight excluding hydrogens is 294 g/mol. The van der Waals surface area contributed by atoms with Gasteiger partial charge in [-0.25, -0.2) is 0 Å². The highest BCUT2D eigenvalue weighted by atomic mass is 79.9. The minimum Gasteiger partial charge on any atom is -0.192 e. The van der Waals surface area contributed by atoms with Crippen LogP contribution in [0.3, 0.4) is 0 Å². The maximum atomic E-state index is 8.82. The van der Waals surface area contributed by atoms with Crippen LogP contribution in [0.5, 0.6) is 0 Å². The first-order valence-corrected chi connectivity index (χ1v) is 6.93. The van der Waals surface area contributed by atoms with Gasteiger partial charge in [-0.3, -0.25) is 0 Å². The van der Waals surface area contributed by atoms with E-state index >= 15 is 0 Å². The standard InChI is InChI=1S/C14H10BrNS/c15-13-4-6-14(7-5-13)17-10-12-3-1-2-11(8-12)9-16/h1-8H,10H2. The summed E-state index contributed by atoms with van der Waals surface area (Å²) in [5.41, 5.74) is 1.90. The van der Waals surface area contributed by atoms with Crippen LogP contribution in [0.25, 0.3) is 0 Å². The van der Waals surface area contributed by atoms with Crippen LogP contribution in [0.15, 0.2) is 57.9 Å². The van der Waals surface area contributed by atoms with E-state index in [1.54, 1.807) is 11.8 Å². The van der Waals surface area contributed by atoms with Crippen LogP contribution in [0.2, 0.25) is 0 Å². The van der Waals surface area contributed by atoms with Crippen molar-refractivity contribution in [2.45, 2.75) is 10.6 Å². The molecule has 0 aliphatic heterocycles. The molecule has 0 heterocycles. The molecule has 0 radical (unpaired) electrons. The Kier molecular flexibility index (Phi) is 4.24. The predicted octanol–water partition coefficient (Wildman–Crippen LogP) is 4.61. The third-order valence-corrected chi connectivity index (χ3v) is 3.89. The quantitative estimate of drug-likeness (QED) is 0.773. The van der Waals surface area contributed by atoms with Crippen LogP contribution < -0.4 is 0 Å². The van der Waals surface area contributed by atoms with Gasteiger partial charge < -0.3 is 0 Å². The van der Waals surface area contributed by atoms with Crippen molar-refractivity contribution in [1.29, 1.82) is 5.26 Å². The highest BCUT2D eigenvalue weighted by molar-refractivity contribution is 9.10. The topological polar surface area (TPSA) is 23.8 Å². The molecule has 2 aromatic rings. The van der Waals surface area contributed by atoms with E-state index in [1.807, 2.05) is 36.4 Å². The zero-order chi connectivity index (χ0) is 12.1. The first kappa shape index (κ1) is 12.2. The maximum Gasteiger partial charge on any atom is 0.0991 e. The molecule has 1 nitrogen and oxygen atoms in total. The second-order valence-electron chi connectivity index (χ2n) is 3.55. The van der Waals surface area contributed by atoms with E-state index in [1.165, 1.54) is 10.5 Å². The number of hydrogen-bond donors (Lipinski definition) is 0. The summed E-state index contributed by atoms with van der Waals surface area (Å²) in [5, 5.41) is 8.82. The number of rotatable bonds is 3. The number of hydrogen-bond acceptors (Lipinski definition) is 2. The van der Waals surface area contributed by atoms with Crippen molar-refractivity contribution in [3.8, 4) is 6.07 Å². The van der Waals surface area contributed by atoms with E-state index < -0.39 is 0 Å². The van der Waals surface area contributed by atoms with E-state index in [9.17, 15) is 0 Å². The molecule has 0 fully saturated rings. The van der Waals surface area contributed by atoms with Crippen molar-refractivity contribution >= 4 is 27.7 Å². The number of halogens is 1. The minimum atomic E-state index is 0.721. The van der Waals surface area contributed by atoms with Gasteiger partial charge in [0.15, 0.2) is 0 Å². The summed E-state index contributed by atoms with van der Waals surface area (Å²) in [6.45, 7) is 0. The monoisotopic (exact) mass is 303 g/mol. The lowest BCUT2D eigenvalue weighted by atomic mass is 10.2. The van der Waals surface area contributed by atoms with E-state index in [0.29, 0.717) is 0 Å². The van der Waals surface area contributed by atoms with Crippen LogP contribution >= 0.6 is 27.7 Å². The molecule has 0 bridgehead atoms. The summed E-state index contributed by atoms with van der Waals surface area (Å²) in [5.74, 6) is 0.886. The average Bonchev–Trinajstić information content (AvgIpc) is 2.38. The molecule has 2 rings (SSSR count). The molecule has 0 N–H and O–H groups in total. The van der Waals surface area contributed by atoms with Crippen molar-refractivity contribution in [3.63, 3.8) is 0 Å². The lowest BCUT2D eigenvalue weighted by molar-refractivity contribution is 1.36. The molecule has 0 saturated heterocycles. The molecule has 0 saturated carbocycles. The van der Waals surface area contributed by atoms with Crippen LogP contribution in [0.1, 0.15) is 11.1 Å². The van der Waals surface area contributed by atoms with E-state index in [-0.39, 0.29) is 0 Å². The number of thioether (sulfide) groups is 1. The van der Waals surface area contributed by atoms with Gasteiger partial charge in [-0.2, -0.15) is 5.26 Å². The normalized spacial score (nSPS) is 9.88. The minimum absolute atomic E-state index is 0.721. The third-order valence-electron chi connectivity index (χ3n) is 2.28. The molecule has 0 unspecified atom stereocenters. The molecule has 0 spiro atoms. The first-order chi connectivity index (χ1) is 8.28. The third kappa shape index (κ3) is 3.62. The number of benzene rings is 2. The molecule has 0 atom stereocenters. The molecule has 2 aromatic carbocycles. The Hall–Kier alpha value is -1.24. The summed E-state index contributed by atoms with van der Waals surface area (Å²) in [6.07, 6.45) is 0. The average molecular weight is 304 g/mol. The zero-order valence-corrected chi connectivity index (χ0v) is 11.5. The summed E-state index contributed by atoms with van der Waals surface area (Å²) in [7, 11) is 0. The zero-order valence-electron chi connectivity index (χ0n) is 9.06. The lowest BCUT2D eigenvalue weighted by Gasteiger charge is -2.02. The van der Waals surface area contributed by atoms with Crippen LogP contribution in [0, 0.1) is 11.3 Å². The van der Waals surface area contributed by atoms with Gasteiger partial charge in [-0.05, 0) is 42.0 Å². The maximum absolute atomic E-state index is 8.82. The lowest BCUT2D eigenvalue weighted by Crippen LogP contribution is -1.82. The van der Waals surface area contributed by atoms with Crippen molar-refractivity contribution in [1.82, 2.24) is 0 Å². The van der Waals surface area contributed by atoms with Gasteiger partial charge in [0, 0.05) is 15.1 Å². The van der Waals surface area contributed by atoms with E-state index in [2.05, 4.69) is 34.1 Å². The smallest absolute Gasteiger partial charge is 0.0991 e. The Morgan fingerprint density at radius 3 is 2.59 bits per heavy atom. The van der Waals surface area contributed by atoms with Gasteiger partial charge >= 0.3 is 0 Å². The van der Waals surface area contributed by atoms with Crippen LogP contribution in [0.4, 0.5) is 0 Å². The fraction of sp³-hybridized carbons (Fsp3) is 0.0714. The highest BCUT2D eigenvalue weighted by Crippen LogP contribution is 2.24. The molecule has 3 heteroatoms. The fourth-order valence-electron chi connectivity index (χ4n) is 1.43. The van der Waals surface area contributed by atoms with E-state index in [4.69, 9.17) is 5.26 Å². The van der Waals surface area contributed by atoms with Gasteiger partial charge in [-0.1, -0.05) is 28.1 Å². The van der Waals surface area contributed by atoms with Crippen molar-refractivity contribution in [2.24, 2.45) is 0 Å². The molecular formula is C14H10BrNS. The summed E-state index contributed by atoms with van der Waals surface area (Å²) in [6, 6.07) is 18.1. The molecule has 0 aliphatic rings. The van der Waals surface area contributed by atoms with Crippen molar-refractivity contribution < 1.29 is 0 Å². The van der Waals surface area contributed by atoms with Gasteiger partial charge in [0.1, 0.15) is 0 Å². The van der Waals surface area contributed by atoms with Gasteiger partial charge in [-0.15, -0.1) is 11.8 Å². The first-order valence-electron chi connectivity index (χ1n) is 5.15. The highest BCUT2D eigenvalue weighted by Gasteiger charge is 1.98. The molecule has 17 heavy (non-hydrogen) atoms. The Balaban J connectivity index is 2.02. The number of nitrogens with zero attached hydrogens (tertiary/aromatic N) is 1. The largest absolute Gasteiger partial charge is 0.192 e. The Morgan fingerprint density at radius 1 is 1.12 bits per heavy atom. The van der Waals surface area contributed by atoms with Crippen LogP contribution in [-0.2, 0) is 5.75 Å². The Labute approximate surface area is 114 Å². The second-order valence-corrected chi connectivity index (χ2v) is 5.52. The van der Waals surface area contributed by atoms with Crippen LogP contribution in [-0.4, -0.2) is 0 Å². The van der Waals surface area contributed by atoms with E-state index in [0.717, 1.165) is 15.8 Å². The molecule has 0 aliphatic carbocycles. The van der Waals surface area contributed by atoms with Gasteiger partial charge in [0.05, 0.1) is 11.6 Å². The van der Waals surface area contributed by atoms with Gasteiger partial charge in [0.2, 0.25) is 0 Å². The molecule has 0 amide bonds. The molecule has 84 valence electrons. The Bertz CT molecular complexity index is 543. The summed E-state index contributed by atoms with van der Waals surface area (Å²) >= 11 is 5.19. The fourth-order valence-corrected chi connectivity index (χ4v) is 2.53. The summed E-state index contributed by atoms with van der Waals surface area (Å²) in [4.78, 5) is 1.23. The predicted molar refractivity (Wildman–Crippen MR) is 74.9 cm³/mol. The Morgan fingerprint density at radius 2 is 1.88 bits per heavy atom. The number of nitriles is 1. The van der Waals surface area contributed by atoms with Crippen molar-refractivity contribution in [2.75, 3.05) is 0 Å². The molecule has 0 aromatic heterocycles. The SMILES string of the molecule is N#Cc1cccc(CSc2ccc(Br)cc2)c1. The summed E-state index contributed by atoms with van der Waals surface area (Å²) < 4.78 is 1.09.